The van der Waals surface area contributed by atoms with Crippen molar-refractivity contribution in [2.24, 2.45) is 0 Å². The number of carbonyl (C=O) groups is 3. The molecule has 6 nitrogen and oxygen atoms in total. The molecule has 0 radical (unpaired) electrons. The molecule has 0 aliphatic heterocycles. The summed E-state index contributed by atoms with van der Waals surface area (Å²) in [5.41, 5.74) is 0. The molecule has 396 valence electrons. The summed E-state index contributed by atoms with van der Waals surface area (Å²) in [6.45, 7) is 6.48. The van der Waals surface area contributed by atoms with Crippen LogP contribution in [0.3, 0.4) is 0 Å². The van der Waals surface area contributed by atoms with Crippen LogP contribution in [0.2, 0.25) is 0 Å². The predicted octanol–water partition coefficient (Wildman–Crippen LogP) is 19.5. The number of unbranched alkanes of at least 4 members (excludes halogenated alkanes) is 27. The Kier molecular flexibility index (Phi) is 54.3. The first kappa shape index (κ1) is 65.6. The van der Waals surface area contributed by atoms with Crippen molar-refractivity contribution < 1.29 is 28.6 Å². The second kappa shape index (κ2) is 57.2. The van der Waals surface area contributed by atoms with Crippen molar-refractivity contribution in [1.82, 2.24) is 0 Å². The molecule has 0 saturated heterocycles. The van der Waals surface area contributed by atoms with Crippen LogP contribution in [0.25, 0.3) is 0 Å². The zero-order valence-electron chi connectivity index (χ0n) is 45.3. The van der Waals surface area contributed by atoms with Gasteiger partial charge in [-0.3, -0.25) is 14.4 Å². The van der Waals surface area contributed by atoms with Crippen LogP contribution in [0, 0.1) is 0 Å². The van der Waals surface area contributed by atoms with Crippen molar-refractivity contribution >= 4 is 17.9 Å². The Hall–Kier alpha value is -3.41. The molecule has 0 N–H and O–H groups in total. The molecule has 0 heterocycles. The number of ether oxygens (including phenoxy) is 3. The van der Waals surface area contributed by atoms with E-state index in [1.165, 1.54) is 141 Å². The minimum absolute atomic E-state index is 0.0955. The Morgan fingerprint density at radius 1 is 0.304 bits per heavy atom. The third kappa shape index (κ3) is 55.4. The van der Waals surface area contributed by atoms with Gasteiger partial charge in [-0.2, -0.15) is 0 Å². The van der Waals surface area contributed by atoms with Gasteiger partial charge in [0, 0.05) is 19.3 Å². The Bertz CT molecular complexity index is 1330. The number of rotatable bonds is 52. The summed E-state index contributed by atoms with van der Waals surface area (Å²) in [5.74, 6) is -0.944. The summed E-state index contributed by atoms with van der Waals surface area (Å²) >= 11 is 0. The van der Waals surface area contributed by atoms with Gasteiger partial charge in [-0.25, -0.2) is 0 Å². The normalized spacial score (nSPS) is 12.7. The Balaban J connectivity index is 4.45. The number of hydrogen-bond donors (Lipinski definition) is 0. The lowest BCUT2D eigenvalue weighted by Crippen LogP contribution is -2.30. The predicted molar refractivity (Wildman–Crippen MR) is 297 cm³/mol. The Labute approximate surface area is 426 Å². The van der Waals surface area contributed by atoms with Gasteiger partial charge in [0.25, 0.3) is 0 Å². The SMILES string of the molecule is CC/C=C\C/C=C\C/C=C\C/C=C\CCCCC(=O)OCC(COC(=O)CCCCCCCCC/C=C\C/C=C\CCCCCC)OC(=O)CCCCCCCCC/C=C\CCCCCCCCC. The Morgan fingerprint density at radius 3 is 0.942 bits per heavy atom. The molecular formula is C63H108O6. The van der Waals surface area contributed by atoms with Crippen molar-refractivity contribution in [3.05, 3.63) is 85.1 Å². The smallest absolute Gasteiger partial charge is 0.306 e. The topological polar surface area (TPSA) is 78.9 Å². The maximum Gasteiger partial charge on any atom is 0.306 e. The van der Waals surface area contributed by atoms with Crippen molar-refractivity contribution in [2.45, 2.75) is 284 Å². The van der Waals surface area contributed by atoms with Gasteiger partial charge in [-0.1, -0.05) is 228 Å². The first-order chi connectivity index (χ1) is 34.0. The number of allylic oxidation sites excluding steroid dienone is 14. The van der Waals surface area contributed by atoms with Gasteiger partial charge in [0.15, 0.2) is 6.10 Å². The standard InChI is InChI=1S/C63H108O6/c1-4-7-10-13-16-19-22-25-28-30-32-35-38-41-44-47-50-53-56-62(65)68-59-60(58-67-61(64)55-52-49-46-43-40-37-34-27-24-21-18-15-12-9-6-3)69-63(66)57-54-51-48-45-42-39-36-33-31-29-26-23-20-17-14-11-8-5-2/h9,12,18-19,21-22,27-31,34,40,43,60H,4-8,10-11,13-17,20,23-26,32-33,35-39,41-42,44-59H2,1-3H3/b12-9-,21-18-,22-19-,30-28-,31-29-,34-27-,43-40-. The van der Waals surface area contributed by atoms with E-state index in [1.807, 2.05) is 0 Å². The van der Waals surface area contributed by atoms with Gasteiger partial charge in [-0.15, -0.1) is 0 Å². The zero-order chi connectivity index (χ0) is 50.0. The van der Waals surface area contributed by atoms with Crippen LogP contribution in [-0.4, -0.2) is 37.2 Å². The van der Waals surface area contributed by atoms with Gasteiger partial charge in [-0.05, 0) is 116 Å². The third-order valence-corrected chi connectivity index (χ3v) is 12.4. The van der Waals surface area contributed by atoms with E-state index in [1.54, 1.807) is 0 Å². The molecule has 0 rings (SSSR count). The molecule has 0 aliphatic carbocycles. The fourth-order valence-electron chi connectivity index (χ4n) is 7.99. The molecule has 0 saturated carbocycles. The minimum Gasteiger partial charge on any atom is -0.462 e. The highest BCUT2D eigenvalue weighted by Crippen LogP contribution is 2.15. The first-order valence-corrected chi connectivity index (χ1v) is 29.1. The average Bonchev–Trinajstić information content (AvgIpc) is 3.35. The average molecular weight is 962 g/mol. The summed E-state index contributed by atoms with van der Waals surface area (Å²) in [7, 11) is 0. The lowest BCUT2D eigenvalue weighted by Gasteiger charge is -2.18. The summed E-state index contributed by atoms with van der Waals surface area (Å²) < 4.78 is 16.8. The lowest BCUT2D eigenvalue weighted by molar-refractivity contribution is -0.167. The van der Waals surface area contributed by atoms with Crippen molar-refractivity contribution in [1.29, 1.82) is 0 Å². The van der Waals surface area contributed by atoms with Crippen LogP contribution >= 0.6 is 0 Å². The molecule has 0 amide bonds. The molecule has 0 fully saturated rings. The number of carbonyl (C=O) groups excluding carboxylic acids is 3. The van der Waals surface area contributed by atoms with Crippen LogP contribution in [0.1, 0.15) is 278 Å². The molecule has 0 aliphatic rings. The van der Waals surface area contributed by atoms with Crippen molar-refractivity contribution in [3.8, 4) is 0 Å². The molecule has 0 bridgehead atoms. The minimum atomic E-state index is -0.800. The van der Waals surface area contributed by atoms with E-state index in [-0.39, 0.29) is 31.1 Å². The maximum absolute atomic E-state index is 12.9. The number of hydrogen-bond acceptors (Lipinski definition) is 6. The third-order valence-electron chi connectivity index (χ3n) is 12.4. The molecule has 69 heavy (non-hydrogen) atoms. The van der Waals surface area contributed by atoms with E-state index >= 15 is 0 Å². The van der Waals surface area contributed by atoms with E-state index in [0.717, 1.165) is 96.3 Å². The molecule has 1 unspecified atom stereocenters. The molecule has 0 spiro atoms. The van der Waals surface area contributed by atoms with Crippen LogP contribution in [-0.2, 0) is 28.6 Å². The van der Waals surface area contributed by atoms with Crippen LogP contribution in [0.4, 0.5) is 0 Å². The highest BCUT2D eigenvalue weighted by atomic mass is 16.6. The summed E-state index contributed by atoms with van der Waals surface area (Å²) in [5, 5.41) is 0. The van der Waals surface area contributed by atoms with Gasteiger partial charge in [0.1, 0.15) is 13.2 Å². The monoisotopic (exact) mass is 961 g/mol. The van der Waals surface area contributed by atoms with Crippen LogP contribution in [0.15, 0.2) is 85.1 Å². The number of esters is 3. The van der Waals surface area contributed by atoms with E-state index in [2.05, 4.69) is 106 Å². The van der Waals surface area contributed by atoms with Gasteiger partial charge in [0.05, 0.1) is 0 Å². The van der Waals surface area contributed by atoms with Gasteiger partial charge in [0.2, 0.25) is 0 Å². The maximum atomic E-state index is 12.9. The molecule has 0 aromatic rings. The molecule has 0 aromatic heterocycles. The largest absolute Gasteiger partial charge is 0.462 e. The molecule has 1 atom stereocenters. The van der Waals surface area contributed by atoms with Crippen LogP contribution < -0.4 is 0 Å². The quantitative estimate of drug-likeness (QED) is 0.0262. The summed E-state index contributed by atoms with van der Waals surface area (Å²) in [6.07, 6.45) is 74.3. The highest BCUT2D eigenvalue weighted by molar-refractivity contribution is 5.71. The van der Waals surface area contributed by atoms with Gasteiger partial charge >= 0.3 is 17.9 Å². The summed E-state index contributed by atoms with van der Waals surface area (Å²) in [4.78, 5) is 38.2. The second-order valence-electron chi connectivity index (χ2n) is 19.2. The molecule has 6 heteroatoms. The first-order valence-electron chi connectivity index (χ1n) is 29.1. The van der Waals surface area contributed by atoms with E-state index in [4.69, 9.17) is 14.2 Å². The van der Waals surface area contributed by atoms with E-state index in [9.17, 15) is 14.4 Å². The van der Waals surface area contributed by atoms with Crippen LogP contribution in [0.5, 0.6) is 0 Å². The highest BCUT2D eigenvalue weighted by Gasteiger charge is 2.19. The fourth-order valence-corrected chi connectivity index (χ4v) is 7.99. The second-order valence-corrected chi connectivity index (χ2v) is 19.2. The molecular weight excluding hydrogens is 853 g/mol. The molecule has 0 aromatic carbocycles. The van der Waals surface area contributed by atoms with Crippen molar-refractivity contribution in [3.63, 3.8) is 0 Å². The summed E-state index contributed by atoms with van der Waals surface area (Å²) in [6, 6.07) is 0. The fraction of sp³-hybridized carbons (Fsp3) is 0.730. The Morgan fingerprint density at radius 2 is 0.565 bits per heavy atom. The van der Waals surface area contributed by atoms with Crippen molar-refractivity contribution in [2.75, 3.05) is 13.2 Å². The zero-order valence-corrected chi connectivity index (χ0v) is 45.3. The van der Waals surface area contributed by atoms with E-state index < -0.39 is 6.10 Å². The van der Waals surface area contributed by atoms with Gasteiger partial charge < -0.3 is 14.2 Å². The van der Waals surface area contributed by atoms with E-state index in [0.29, 0.717) is 19.3 Å². The lowest BCUT2D eigenvalue weighted by atomic mass is 10.1.